The molecule has 0 N–H and O–H groups in total. The Hall–Kier alpha value is -2.81. The summed E-state index contributed by atoms with van der Waals surface area (Å²) in [6.45, 7) is 8.29. The standard InChI is InChI=1S/C19H23N3O3/c1-5-24-17-9-7-16(8-10-17)22(12-6-11-20)19(23)13(2)18-14(3)21-25-15(18)4/h7-10,13H,5-6,12H2,1-4H3/t13-/m0/s1. The van der Waals surface area contributed by atoms with E-state index in [-0.39, 0.29) is 12.3 Å². The highest BCUT2D eigenvalue weighted by Crippen LogP contribution is 2.28. The van der Waals surface area contributed by atoms with Gasteiger partial charge in [0, 0.05) is 17.8 Å². The van der Waals surface area contributed by atoms with E-state index in [4.69, 9.17) is 14.5 Å². The molecular formula is C19H23N3O3. The monoisotopic (exact) mass is 341 g/mol. The Labute approximate surface area is 148 Å². The van der Waals surface area contributed by atoms with Crippen molar-refractivity contribution < 1.29 is 14.1 Å². The molecule has 2 aromatic rings. The number of carbonyl (C=O) groups excluding carboxylic acids is 1. The van der Waals surface area contributed by atoms with E-state index in [1.54, 1.807) is 11.8 Å². The van der Waals surface area contributed by atoms with Crippen molar-refractivity contribution in [2.24, 2.45) is 0 Å². The Morgan fingerprint density at radius 1 is 1.36 bits per heavy atom. The van der Waals surface area contributed by atoms with Gasteiger partial charge in [-0.1, -0.05) is 5.16 Å². The summed E-state index contributed by atoms with van der Waals surface area (Å²) in [6.07, 6.45) is 0.257. The van der Waals surface area contributed by atoms with Gasteiger partial charge in [0.25, 0.3) is 0 Å². The summed E-state index contributed by atoms with van der Waals surface area (Å²) in [6, 6.07) is 9.42. The molecule has 132 valence electrons. The molecule has 6 heteroatoms. The lowest BCUT2D eigenvalue weighted by Gasteiger charge is -2.25. The molecule has 2 rings (SSSR count). The average molecular weight is 341 g/mol. The van der Waals surface area contributed by atoms with Crippen LogP contribution in [0, 0.1) is 25.2 Å². The maximum Gasteiger partial charge on any atom is 0.234 e. The molecule has 1 aromatic heterocycles. The molecule has 0 saturated carbocycles. The minimum atomic E-state index is -0.406. The van der Waals surface area contributed by atoms with Crippen LogP contribution in [0.4, 0.5) is 5.69 Å². The van der Waals surface area contributed by atoms with Crippen LogP contribution in [0.5, 0.6) is 5.75 Å². The van der Waals surface area contributed by atoms with Crippen molar-refractivity contribution >= 4 is 11.6 Å². The van der Waals surface area contributed by atoms with Crippen molar-refractivity contribution in [1.82, 2.24) is 5.16 Å². The van der Waals surface area contributed by atoms with E-state index in [0.29, 0.717) is 24.6 Å². The minimum absolute atomic E-state index is 0.0891. The fourth-order valence-corrected chi connectivity index (χ4v) is 2.88. The highest BCUT2D eigenvalue weighted by atomic mass is 16.5. The first-order valence-corrected chi connectivity index (χ1v) is 8.33. The van der Waals surface area contributed by atoms with Gasteiger partial charge >= 0.3 is 0 Å². The van der Waals surface area contributed by atoms with Crippen molar-refractivity contribution in [3.05, 3.63) is 41.3 Å². The SMILES string of the molecule is CCOc1ccc(N(CCC#N)C(=O)[C@@H](C)c2c(C)noc2C)cc1. The Bertz CT molecular complexity index is 740. The summed E-state index contributed by atoms with van der Waals surface area (Å²) in [5.74, 6) is 0.897. The van der Waals surface area contributed by atoms with Gasteiger partial charge in [-0.25, -0.2) is 0 Å². The van der Waals surface area contributed by atoms with Crippen molar-refractivity contribution in [3.8, 4) is 11.8 Å². The van der Waals surface area contributed by atoms with Crippen LogP contribution in [-0.4, -0.2) is 24.2 Å². The predicted octanol–water partition coefficient (Wildman–Crippen LogP) is 3.74. The first-order chi connectivity index (χ1) is 12.0. The summed E-state index contributed by atoms with van der Waals surface area (Å²) in [7, 11) is 0. The highest BCUT2D eigenvalue weighted by Gasteiger charge is 2.27. The number of nitriles is 1. The van der Waals surface area contributed by atoms with Crippen LogP contribution >= 0.6 is 0 Å². The fourth-order valence-electron chi connectivity index (χ4n) is 2.88. The van der Waals surface area contributed by atoms with Crippen LogP contribution in [0.3, 0.4) is 0 Å². The maximum absolute atomic E-state index is 13.1. The van der Waals surface area contributed by atoms with Gasteiger partial charge in [0.1, 0.15) is 11.5 Å². The van der Waals surface area contributed by atoms with Crippen molar-refractivity contribution in [2.75, 3.05) is 18.1 Å². The lowest BCUT2D eigenvalue weighted by Crippen LogP contribution is -2.35. The second kappa shape index (κ2) is 8.34. The first-order valence-electron chi connectivity index (χ1n) is 8.33. The molecule has 0 radical (unpaired) electrons. The van der Waals surface area contributed by atoms with E-state index in [1.807, 2.05) is 45.0 Å². The number of rotatable bonds is 7. The fraction of sp³-hybridized carbons (Fsp3) is 0.421. The Morgan fingerprint density at radius 3 is 2.56 bits per heavy atom. The topological polar surface area (TPSA) is 79.4 Å². The summed E-state index contributed by atoms with van der Waals surface area (Å²) in [5, 5.41) is 12.9. The molecule has 6 nitrogen and oxygen atoms in total. The van der Waals surface area contributed by atoms with Gasteiger partial charge in [-0.15, -0.1) is 0 Å². The molecular weight excluding hydrogens is 318 g/mol. The molecule has 25 heavy (non-hydrogen) atoms. The summed E-state index contributed by atoms with van der Waals surface area (Å²) in [5.41, 5.74) is 2.26. The molecule has 1 atom stereocenters. The highest BCUT2D eigenvalue weighted by molar-refractivity contribution is 5.98. The van der Waals surface area contributed by atoms with E-state index in [1.165, 1.54) is 0 Å². The predicted molar refractivity (Wildman–Crippen MR) is 94.6 cm³/mol. The van der Waals surface area contributed by atoms with Crippen molar-refractivity contribution in [3.63, 3.8) is 0 Å². The van der Waals surface area contributed by atoms with Gasteiger partial charge in [0.2, 0.25) is 5.91 Å². The van der Waals surface area contributed by atoms with E-state index >= 15 is 0 Å². The van der Waals surface area contributed by atoms with Gasteiger partial charge < -0.3 is 14.2 Å². The quantitative estimate of drug-likeness (QED) is 0.766. The third kappa shape index (κ3) is 4.18. The lowest BCUT2D eigenvalue weighted by atomic mass is 9.97. The average Bonchev–Trinajstić information content (AvgIpc) is 2.94. The summed E-state index contributed by atoms with van der Waals surface area (Å²) in [4.78, 5) is 14.7. The second-order valence-corrected chi connectivity index (χ2v) is 5.78. The van der Waals surface area contributed by atoms with Gasteiger partial charge in [-0.3, -0.25) is 4.79 Å². The number of anilines is 1. The number of hydrogen-bond acceptors (Lipinski definition) is 5. The zero-order valence-electron chi connectivity index (χ0n) is 15.1. The Morgan fingerprint density at radius 2 is 2.04 bits per heavy atom. The van der Waals surface area contributed by atoms with E-state index < -0.39 is 5.92 Å². The number of aryl methyl sites for hydroxylation is 2. The van der Waals surface area contributed by atoms with Gasteiger partial charge in [0.05, 0.1) is 30.7 Å². The molecule has 0 aliphatic heterocycles. The van der Waals surface area contributed by atoms with Crippen LogP contribution < -0.4 is 9.64 Å². The molecule has 0 fully saturated rings. The van der Waals surface area contributed by atoms with E-state index in [9.17, 15) is 4.79 Å². The third-order valence-electron chi connectivity index (χ3n) is 4.06. The van der Waals surface area contributed by atoms with Crippen LogP contribution in [0.1, 0.15) is 43.2 Å². The number of benzene rings is 1. The number of ether oxygens (including phenoxy) is 1. The van der Waals surface area contributed by atoms with E-state index in [0.717, 1.165) is 17.0 Å². The number of aromatic nitrogens is 1. The van der Waals surface area contributed by atoms with Gasteiger partial charge in [-0.2, -0.15) is 5.26 Å². The minimum Gasteiger partial charge on any atom is -0.494 e. The van der Waals surface area contributed by atoms with E-state index in [2.05, 4.69) is 11.2 Å². The lowest BCUT2D eigenvalue weighted by molar-refractivity contribution is -0.119. The number of carbonyl (C=O) groups is 1. The molecule has 0 spiro atoms. The molecule has 0 saturated heterocycles. The Balaban J connectivity index is 2.29. The van der Waals surface area contributed by atoms with Crippen molar-refractivity contribution in [1.29, 1.82) is 5.26 Å². The second-order valence-electron chi connectivity index (χ2n) is 5.78. The van der Waals surface area contributed by atoms with Crippen molar-refractivity contribution in [2.45, 2.75) is 40.0 Å². The number of nitrogens with zero attached hydrogens (tertiary/aromatic N) is 3. The van der Waals surface area contributed by atoms with Crippen LogP contribution in [-0.2, 0) is 4.79 Å². The molecule has 1 heterocycles. The molecule has 0 aliphatic carbocycles. The number of hydrogen-bond donors (Lipinski definition) is 0. The summed E-state index contributed by atoms with van der Waals surface area (Å²) < 4.78 is 10.6. The molecule has 1 aromatic carbocycles. The normalized spacial score (nSPS) is 11.6. The Kier molecular flexibility index (Phi) is 6.18. The zero-order valence-corrected chi connectivity index (χ0v) is 15.1. The summed E-state index contributed by atoms with van der Waals surface area (Å²) >= 11 is 0. The number of amides is 1. The molecule has 0 aliphatic rings. The largest absolute Gasteiger partial charge is 0.494 e. The maximum atomic E-state index is 13.1. The smallest absolute Gasteiger partial charge is 0.234 e. The third-order valence-corrected chi connectivity index (χ3v) is 4.06. The van der Waals surface area contributed by atoms with Crippen LogP contribution in [0.25, 0.3) is 0 Å². The first kappa shape index (κ1) is 18.5. The van der Waals surface area contributed by atoms with Crippen LogP contribution in [0.15, 0.2) is 28.8 Å². The van der Waals surface area contributed by atoms with Crippen LogP contribution in [0.2, 0.25) is 0 Å². The zero-order chi connectivity index (χ0) is 18.4. The molecule has 1 amide bonds. The molecule has 0 unspecified atom stereocenters. The molecule has 0 bridgehead atoms. The van der Waals surface area contributed by atoms with Gasteiger partial charge in [0.15, 0.2) is 0 Å². The van der Waals surface area contributed by atoms with Gasteiger partial charge in [-0.05, 0) is 52.0 Å².